The summed E-state index contributed by atoms with van der Waals surface area (Å²) in [6.07, 6.45) is 3.63. The van der Waals surface area contributed by atoms with Gasteiger partial charge in [-0.3, -0.25) is 15.2 Å². The van der Waals surface area contributed by atoms with E-state index < -0.39 is 0 Å². The quantitative estimate of drug-likeness (QED) is 0.941. The predicted octanol–water partition coefficient (Wildman–Crippen LogP) is 2.44. The van der Waals surface area contributed by atoms with Crippen LogP contribution >= 0.6 is 0 Å². The highest BCUT2D eigenvalue weighted by Gasteiger charge is 2.21. The van der Waals surface area contributed by atoms with E-state index in [4.69, 9.17) is 0 Å². The Labute approximate surface area is 142 Å². The standard InChI is InChI=1S/C18H23N5O/c1-14-11-15(2)20-17(12-14)21-18(24)23-9-7-22(8-10-23)13-16-3-5-19-6-4-16/h3-6,11-12H,7-10,13H2,1-2H3,(H,20,21,24). The van der Waals surface area contributed by atoms with Gasteiger partial charge in [0.1, 0.15) is 5.82 Å². The number of piperazine rings is 1. The smallest absolute Gasteiger partial charge is 0.322 e. The summed E-state index contributed by atoms with van der Waals surface area (Å²) in [6.45, 7) is 8.02. The minimum Gasteiger partial charge on any atom is -0.322 e. The monoisotopic (exact) mass is 325 g/mol. The second kappa shape index (κ2) is 7.40. The van der Waals surface area contributed by atoms with E-state index in [1.807, 2.05) is 55.4 Å². The molecule has 1 aliphatic heterocycles. The second-order valence-electron chi connectivity index (χ2n) is 6.22. The van der Waals surface area contributed by atoms with Crippen molar-refractivity contribution in [1.82, 2.24) is 19.8 Å². The molecule has 126 valence electrons. The number of aryl methyl sites for hydroxylation is 2. The van der Waals surface area contributed by atoms with E-state index in [1.165, 1.54) is 5.56 Å². The number of amides is 2. The number of nitrogens with one attached hydrogen (secondary N) is 1. The van der Waals surface area contributed by atoms with Crippen LogP contribution in [0.3, 0.4) is 0 Å². The van der Waals surface area contributed by atoms with Gasteiger partial charge in [-0.05, 0) is 49.2 Å². The number of carbonyl (C=O) groups excluding carboxylic acids is 1. The molecular weight excluding hydrogens is 302 g/mol. The van der Waals surface area contributed by atoms with Crippen LogP contribution in [0.4, 0.5) is 10.6 Å². The summed E-state index contributed by atoms with van der Waals surface area (Å²) in [5.41, 5.74) is 3.26. The molecule has 0 spiro atoms. The van der Waals surface area contributed by atoms with Gasteiger partial charge in [-0.25, -0.2) is 9.78 Å². The zero-order valence-electron chi connectivity index (χ0n) is 14.2. The first-order chi connectivity index (χ1) is 11.6. The van der Waals surface area contributed by atoms with Crippen molar-refractivity contribution in [1.29, 1.82) is 0 Å². The molecule has 1 fully saturated rings. The van der Waals surface area contributed by atoms with Gasteiger partial charge in [-0.2, -0.15) is 0 Å². The summed E-state index contributed by atoms with van der Waals surface area (Å²) in [7, 11) is 0. The van der Waals surface area contributed by atoms with Crippen LogP contribution in [0.2, 0.25) is 0 Å². The Morgan fingerprint density at radius 3 is 2.50 bits per heavy atom. The van der Waals surface area contributed by atoms with Crippen molar-refractivity contribution >= 4 is 11.8 Å². The zero-order chi connectivity index (χ0) is 16.9. The van der Waals surface area contributed by atoms with Gasteiger partial charge in [0.05, 0.1) is 0 Å². The van der Waals surface area contributed by atoms with E-state index in [0.29, 0.717) is 5.82 Å². The molecule has 0 atom stereocenters. The van der Waals surface area contributed by atoms with Crippen molar-refractivity contribution in [2.75, 3.05) is 31.5 Å². The fraction of sp³-hybridized carbons (Fsp3) is 0.389. The van der Waals surface area contributed by atoms with Crippen LogP contribution in [0.1, 0.15) is 16.8 Å². The van der Waals surface area contributed by atoms with Crippen molar-refractivity contribution in [2.45, 2.75) is 20.4 Å². The molecule has 3 rings (SSSR count). The first-order valence-corrected chi connectivity index (χ1v) is 8.22. The molecule has 0 aliphatic carbocycles. The van der Waals surface area contributed by atoms with E-state index in [-0.39, 0.29) is 6.03 Å². The number of nitrogens with zero attached hydrogens (tertiary/aromatic N) is 4. The number of pyridine rings is 2. The summed E-state index contributed by atoms with van der Waals surface area (Å²) in [4.78, 5) is 25.0. The molecule has 6 heteroatoms. The average molecular weight is 325 g/mol. The molecule has 6 nitrogen and oxygen atoms in total. The summed E-state index contributed by atoms with van der Waals surface area (Å²) >= 11 is 0. The second-order valence-corrected chi connectivity index (χ2v) is 6.22. The summed E-state index contributed by atoms with van der Waals surface area (Å²) in [6, 6.07) is 7.88. The van der Waals surface area contributed by atoms with Gasteiger partial charge >= 0.3 is 6.03 Å². The maximum absolute atomic E-state index is 12.4. The maximum atomic E-state index is 12.4. The molecule has 1 aliphatic rings. The lowest BCUT2D eigenvalue weighted by molar-refractivity contribution is 0.143. The molecule has 0 radical (unpaired) electrons. The van der Waals surface area contributed by atoms with E-state index in [9.17, 15) is 4.79 Å². The highest BCUT2D eigenvalue weighted by atomic mass is 16.2. The fourth-order valence-corrected chi connectivity index (χ4v) is 2.95. The average Bonchev–Trinajstić information content (AvgIpc) is 2.55. The lowest BCUT2D eigenvalue weighted by Crippen LogP contribution is -2.49. The van der Waals surface area contributed by atoms with Gasteiger partial charge in [-0.1, -0.05) is 0 Å². The Balaban J connectivity index is 1.51. The largest absolute Gasteiger partial charge is 0.323 e. The van der Waals surface area contributed by atoms with Gasteiger partial charge in [0.15, 0.2) is 0 Å². The topological polar surface area (TPSA) is 61.4 Å². The number of anilines is 1. The molecular formula is C18H23N5O. The van der Waals surface area contributed by atoms with Gasteiger partial charge < -0.3 is 4.90 Å². The fourth-order valence-electron chi connectivity index (χ4n) is 2.95. The van der Waals surface area contributed by atoms with E-state index in [0.717, 1.165) is 44.0 Å². The van der Waals surface area contributed by atoms with Gasteiger partial charge in [0.25, 0.3) is 0 Å². The number of aromatic nitrogens is 2. The Morgan fingerprint density at radius 2 is 1.83 bits per heavy atom. The third kappa shape index (κ3) is 4.29. The van der Waals surface area contributed by atoms with E-state index >= 15 is 0 Å². The Morgan fingerprint density at radius 1 is 1.12 bits per heavy atom. The Kier molecular flexibility index (Phi) is 5.05. The number of hydrogen-bond acceptors (Lipinski definition) is 4. The number of urea groups is 1. The predicted molar refractivity (Wildman–Crippen MR) is 93.8 cm³/mol. The highest BCUT2D eigenvalue weighted by molar-refractivity contribution is 5.88. The maximum Gasteiger partial charge on any atom is 0.323 e. The van der Waals surface area contributed by atoms with Crippen LogP contribution in [0.25, 0.3) is 0 Å². The molecule has 2 aromatic heterocycles. The van der Waals surface area contributed by atoms with Crippen LogP contribution in [0.15, 0.2) is 36.7 Å². The van der Waals surface area contributed by atoms with Crippen molar-refractivity contribution in [3.63, 3.8) is 0 Å². The van der Waals surface area contributed by atoms with Gasteiger partial charge in [-0.15, -0.1) is 0 Å². The van der Waals surface area contributed by atoms with Gasteiger partial charge in [0.2, 0.25) is 0 Å². The first kappa shape index (κ1) is 16.4. The molecule has 2 amide bonds. The van der Waals surface area contributed by atoms with Crippen molar-refractivity contribution in [3.05, 3.63) is 53.5 Å². The normalized spacial score (nSPS) is 15.3. The molecule has 0 aromatic carbocycles. The SMILES string of the molecule is Cc1cc(C)nc(NC(=O)N2CCN(Cc3ccncc3)CC2)c1. The van der Waals surface area contributed by atoms with E-state index in [2.05, 4.69) is 20.2 Å². The number of rotatable bonds is 3. The molecule has 0 saturated carbocycles. The molecule has 1 N–H and O–H groups in total. The third-order valence-corrected chi connectivity index (χ3v) is 4.15. The Hall–Kier alpha value is -2.47. The lowest BCUT2D eigenvalue weighted by Gasteiger charge is -2.34. The summed E-state index contributed by atoms with van der Waals surface area (Å²) in [5.74, 6) is 0.622. The van der Waals surface area contributed by atoms with Crippen LogP contribution in [-0.4, -0.2) is 52.0 Å². The van der Waals surface area contributed by atoms with Crippen LogP contribution in [0.5, 0.6) is 0 Å². The summed E-state index contributed by atoms with van der Waals surface area (Å²) < 4.78 is 0. The Bertz CT molecular complexity index is 676. The first-order valence-electron chi connectivity index (χ1n) is 8.22. The zero-order valence-corrected chi connectivity index (χ0v) is 14.2. The third-order valence-electron chi connectivity index (χ3n) is 4.15. The molecule has 1 saturated heterocycles. The minimum atomic E-state index is -0.0731. The highest BCUT2D eigenvalue weighted by Crippen LogP contribution is 2.12. The van der Waals surface area contributed by atoms with Crippen LogP contribution in [0, 0.1) is 13.8 Å². The molecule has 24 heavy (non-hydrogen) atoms. The molecule has 0 unspecified atom stereocenters. The molecule has 3 heterocycles. The molecule has 2 aromatic rings. The van der Waals surface area contributed by atoms with Crippen molar-refractivity contribution in [3.8, 4) is 0 Å². The van der Waals surface area contributed by atoms with Crippen molar-refractivity contribution in [2.24, 2.45) is 0 Å². The van der Waals surface area contributed by atoms with E-state index in [1.54, 1.807) is 0 Å². The van der Waals surface area contributed by atoms with Gasteiger partial charge in [0, 0.05) is 50.8 Å². The van der Waals surface area contributed by atoms with Crippen molar-refractivity contribution < 1.29 is 4.79 Å². The number of carbonyl (C=O) groups is 1. The summed E-state index contributed by atoms with van der Waals surface area (Å²) in [5, 5.41) is 2.91. The lowest BCUT2D eigenvalue weighted by atomic mass is 10.2. The van der Waals surface area contributed by atoms with Crippen LogP contribution in [-0.2, 0) is 6.54 Å². The number of hydrogen-bond donors (Lipinski definition) is 1. The van der Waals surface area contributed by atoms with Crippen LogP contribution < -0.4 is 5.32 Å². The molecule has 0 bridgehead atoms. The minimum absolute atomic E-state index is 0.0731.